The van der Waals surface area contributed by atoms with Crippen LogP contribution in [0.25, 0.3) is 22.3 Å². The van der Waals surface area contributed by atoms with E-state index in [1.54, 1.807) is 26.4 Å². The number of pyridine rings is 1. The summed E-state index contributed by atoms with van der Waals surface area (Å²) < 4.78 is 25.9. The Kier molecular flexibility index (Phi) is 5.93. The summed E-state index contributed by atoms with van der Waals surface area (Å²) in [7, 11) is 3.35. The molecule has 3 N–H and O–H groups in total. The lowest BCUT2D eigenvalue weighted by Crippen LogP contribution is -2.50. The van der Waals surface area contributed by atoms with E-state index < -0.39 is 5.95 Å². The Hall–Kier alpha value is -3.49. The summed E-state index contributed by atoms with van der Waals surface area (Å²) >= 11 is 0. The SMILES string of the molecule is COc1ccc(-c2cc(-c3ccc4c(c3)CCNC4=O)c(N)nc2F)cc1CN1CC(OC)C1. The Morgan fingerprint density at radius 3 is 2.62 bits per heavy atom. The third-order valence-corrected chi connectivity index (χ3v) is 6.59. The molecule has 0 aliphatic carbocycles. The maximum absolute atomic E-state index is 15.0. The minimum atomic E-state index is -0.627. The van der Waals surface area contributed by atoms with Crippen molar-refractivity contribution in [2.75, 3.05) is 39.6 Å². The van der Waals surface area contributed by atoms with Crippen LogP contribution in [0.1, 0.15) is 21.5 Å². The van der Waals surface area contributed by atoms with Crippen molar-refractivity contribution in [1.82, 2.24) is 15.2 Å². The first-order valence-corrected chi connectivity index (χ1v) is 11.3. The van der Waals surface area contributed by atoms with Gasteiger partial charge in [-0.2, -0.15) is 4.39 Å². The molecular formula is C26H27FN4O3. The summed E-state index contributed by atoms with van der Waals surface area (Å²) in [6, 6.07) is 12.9. The number of aromatic nitrogens is 1. The van der Waals surface area contributed by atoms with Crippen molar-refractivity contribution in [3.63, 3.8) is 0 Å². The van der Waals surface area contributed by atoms with Crippen LogP contribution in [0, 0.1) is 5.95 Å². The highest BCUT2D eigenvalue weighted by molar-refractivity contribution is 5.97. The molecule has 3 aromatic rings. The zero-order valence-electron chi connectivity index (χ0n) is 19.2. The Balaban J connectivity index is 1.51. The van der Waals surface area contributed by atoms with Gasteiger partial charge in [0.2, 0.25) is 5.95 Å². The number of carbonyl (C=O) groups excluding carboxylic acids is 1. The number of carbonyl (C=O) groups is 1. The van der Waals surface area contributed by atoms with Gasteiger partial charge in [-0.05, 0) is 47.4 Å². The lowest BCUT2D eigenvalue weighted by molar-refractivity contribution is -0.0336. The van der Waals surface area contributed by atoms with Gasteiger partial charge in [0.05, 0.1) is 13.2 Å². The lowest BCUT2D eigenvalue weighted by atomic mass is 9.93. The maximum atomic E-state index is 15.0. The third-order valence-electron chi connectivity index (χ3n) is 6.59. The van der Waals surface area contributed by atoms with Gasteiger partial charge >= 0.3 is 0 Å². The molecule has 1 fully saturated rings. The monoisotopic (exact) mass is 462 g/mol. The van der Waals surface area contributed by atoms with Crippen LogP contribution in [-0.4, -0.2) is 55.7 Å². The fraction of sp³-hybridized carbons (Fsp3) is 0.308. The van der Waals surface area contributed by atoms with E-state index in [2.05, 4.69) is 15.2 Å². The van der Waals surface area contributed by atoms with Gasteiger partial charge in [0, 0.05) is 55.5 Å². The van der Waals surface area contributed by atoms with Gasteiger partial charge in [-0.1, -0.05) is 18.2 Å². The number of nitrogen functional groups attached to an aromatic ring is 1. The number of nitrogens with zero attached hydrogens (tertiary/aromatic N) is 2. The molecule has 3 heterocycles. The van der Waals surface area contributed by atoms with Crippen molar-refractivity contribution >= 4 is 11.7 Å². The topological polar surface area (TPSA) is 89.7 Å². The summed E-state index contributed by atoms with van der Waals surface area (Å²) in [5.41, 5.74) is 11.2. The van der Waals surface area contributed by atoms with Crippen molar-refractivity contribution in [2.45, 2.75) is 19.1 Å². The van der Waals surface area contributed by atoms with E-state index in [1.165, 1.54) is 0 Å². The predicted octanol–water partition coefficient (Wildman–Crippen LogP) is 3.26. The number of nitrogens with two attached hydrogens (primary N) is 1. The third kappa shape index (κ3) is 4.10. The molecule has 7 nitrogen and oxygen atoms in total. The first-order chi connectivity index (χ1) is 16.5. The number of methoxy groups -OCH3 is 2. The number of fused-ring (bicyclic) bond motifs is 1. The van der Waals surface area contributed by atoms with E-state index in [9.17, 15) is 4.79 Å². The van der Waals surface area contributed by atoms with Crippen LogP contribution >= 0.6 is 0 Å². The largest absolute Gasteiger partial charge is 0.496 e. The molecule has 0 unspecified atom stereocenters. The van der Waals surface area contributed by atoms with Gasteiger partial charge in [-0.3, -0.25) is 9.69 Å². The Bertz CT molecular complexity index is 1260. The minimum Gasteiger partial charge on any atom is -0.496 e. The Labute approximate surface area is 197 Å². The quantitative estimate of drug-likeness (QED) is 0.547. The second-order valence-electron chi connectivity index (χ2n) is 8.72. The molecule has 176 valence electrons. The van der Waals surface area contributed by atoms with Gasteiger partial charge in [-0.25, -0.2) is 4.98 Å². The number of halogens is 1. The fourth-order valence-corrected chi connectivity index (χ4v) is 4.64. The van der Waals surface area contributed by atoms with Crippen LogP contribution in [0.4, 0.5) is 10.2 Å². The van der Waals surface area contributed by atoms with Gasteiger partial charge < -0.3 is 20.5 Å². The summed E-state index contributed by atoms with van der Waals surface area (Å²) in [5, 5.41) is 2.84. The number of anilines is 1. The zero-order chi connectivity index (χ0) is 23.8. The minimum absolute atomic E-state index is 0.0801. The molecule has 1 amide bonds. The predicted molar refractivity (Wildman–Crippen MR) is 128 cm³/mol. The standard InChI is InChI=1S/C26H27FN4O3/c1-33-19-13-31(14-19)12-18-10-15(4-6-23(18)34-2)21-11-22(25(28)30-24(21)27)16-3-5-20-17(9-16)7-8-29-26(20)32/h3-6,9-11,19H,7-8,12-14H2,1-2H3,(H2,28,30)(H,29,32). The van der Waals surface area contributed by atoms with Crippen LogP contribution in [0.15, 0.2) is 42.5 Å². The van der Waals surface area contributed by atoms with E-state index in [1.807, 2.05) is 30.3 Å². The second kappa shape index (κ2) is 9.04. The molecule has 5 rings (SSSR count). The van der Waals surface area contributed by atoms with Gasteiger partial charge in [0.25, 0.3) is 5.91 Å². The van der Waals surface area contributed by atoms with Crippen LogP contribution < -0.4 is 15.8 Å². The van der Waals surface area contributed by atoms with Crippen LogP contribution in [0.2, 0.25) is 0 Å². The average Bonchev–Trinajstić information content (AvgIpc) is 2.81. The molecule has 0 atom stereocenters. The maximum Gasteiger partial charge on any atom is 0.251 e. The molecular weight excluding hydrogens is 435 g/mol. The van der Waals surface area contributed by atoms with Crippen molar-refractivity contribution in [1.29, 1.82) is 0 Å². The first-order valence-electron chi connectivity index (χ1n) is 11.3. The highest BCUT2D eigenvalue weighted by Crippen LogP contribution is 2.35. The highest BCUT2D eigenvalue weighted by Gasteiger charge is 2.27. The van der Waals surface area contributed by atoms with Crippen LogP contribution in [-0.2, 0) is 17.7 Å². The first kappa shape index (κ1) is 22.3. The smallest absolute Gasteiger partial charge is 0.251 e. The normalized spacial score (nSPS) is 16.0. The van der Waals surface area contributed by atoms with Gasteiger partial charge in [0.15, 0.2) is 0 Å². The van der Waals surface area contributed by atoms with E-state index in [0.717, 1.165) is 42.0 Å². The molecule has 1 saturated heterocycles. The van der Waals surface area contributed by atoms with E-state index >= 15 is 4.39 Å². The molecule has 0 radical (unpaired) electrons. The van der Waals surface area contributed by atoms with Crippen molar-refractivity contribution in [2.24, 2.45) is 0 Å². The number of nitrogens with one attached hydrogen (secondary N) is 1. The molecule has 0 bridgehead atoms. The molecule has 2 aromatic carbocycles. The summed E-state index contributed by atoms with van der Waals surface area (Å²) in [6.07, 6.45) is 0.983. The fourth-order valence-electron chi connectivity index (χ4n) is 4.64. The average molecular weight is 463 g/mol. The van der Waals surface area contributed by atoms with Crippen molar-refractivity contribution in [3.8, 4) is 28.0 Å². The molecule has 0 spiro atoms. The van der Waals surface area contributed by atoms with Gasteiger partial charge in [-0.15, -0.1) is 0 Å². The van der Waals surface area contributed by atoms with Crippen LogP contribution in [0.5, 0.6) is 5.75 Å². The highest BCUT2D eigenvalue weighted by atomic mass is 19.1. The second-order valence-corrected chi connectivity index (χ2v) is 8.72. The molecule has 8 heteroatoms. The summed E-state index contributed by atoms with van der Waals surface area (Å²) in [5.74, 6) is 0.157. The summed E-state index contributed by atoms with van der Waals surface area (Å²) in [4.78, 5) is 18.3. The van der Waals surface area contributed by atoms with E-state index in [-0.39, 0.29) is 17.8 Å². The Morgan fingerprint density at radius 2 is 1.85 bits per heavy atom. The molecule has 2 aliphatic rings. The van der Waals surface area contributed by atoms with Crippen molar-refractivity contribution in [3.05, 3.63) is 65.1 Å². The van der Waals surface area contributed by atoms with E-state index in [0.29, 0.717) is 35.3 Å². The number of likely N-dealkylation sites (tertiary alicyclic amines) is 1. The number of hydrogen-bond donors (Lipinski definition) is 2. The number of ether oxygens (including phenoxy) is 2. The molecule has 0 saturated carbocycles. The number of benzene rings is 2. The lowest BCUT2D eigenvalue weighted by Gasteiger charge is -2.38. The van der Waals surface area contributed by atoms with E-state index in [4.69, 9.17) is 15.2 Å². The Morgan fingerprint density at radius 1 is 1.09 bits per heavy atom. The van der Waals surface area contributed by atoms with Crippen molar-refractivity contribution < 1.29 is 18.7 Å². The zero-order valence-corrected chi connectivity index (χ0v) is 19.2. The number of amides is 1. The number of hydrogen-bond acceptors (Lipinski definition) is 6. The number of rotatable bonds is 6. The van der Waals surface area contributed by atoms with Gasteiger partial charge in [0.1, 0.15) is 11.6 Å². The summed E-state index contributed by atoms with van der Waals surface area (Å²) in [6.45, 7) is 2.97. The molecule has 34 heavy (non-hydrogen) atoms. The van der Waals surface area contributed by atoms with Crippen LogP contribution in [0.3, 0.4) is 0 Å². The molecule has 2 aliphatic heterocycles. The molecule has 1 aromatic heterocycles.